The Kier molecular flexibility index (Phi) is 4.92. The Labute approximate surface area is 181 Å². The number of rotatable bonds is 4. The fourth-order valence-electron chi connectivity index (χ4n) is 4.40. The van der Waals surface area contributed by atoms with Crippen LogP contribution in [0.25, 0.3) is 10.8 Å². The summed E-state index contributed by atoms with van der Waals surface area (Å²) in [6.45, 7) is 4.65. The lowest BCUT2D eigenvalue weighted by molar-refractivity contribution is -0.138. The smallest absolute Gasteiger partial charge is 0.371 e. The maximum atomic E-state index is 13.9. The number of halogens is 4. The lowest BCUT2D eigenvalue weighted by Crippen LogP contribution is -2.57. The second-order valence-corrected chi connectivity index (χ2v) is 8.33. The summed E-state index contributed by atoms with van der Waals surface area (Å²) >= 11 is 0. The third-order valence-corrected chi connectivity index (χ3v) is 6.15. The zero-order chi connectivity index (χ0) is 22.6. The number of hydrogen-bond acceptors (Lipinski definition) is 6. The van der Waals surface area contributed by atoms with Gasteiger partial charge in [0.1, 0.15) is 11.6 Å². The number of aryl methyl sites for hydroxylation is 1. The maximum Gasteiger partial charge on any atom is 0.416 e. The van der Waals surface area contributed by atoms with Crippen LogP contribution in [-0.4, -0.2) is 40.5 Å². The first-order chi connectivity index (χ1) is 15.2. The van der Waals surface area contributed by atoms with Crippen LogP contribution in [-0.2, 0) is 17.5 Å². The fraction of sp³-hybridized carbons (Fsp3) is 0.409. The summed E-state index contributed by atoms with van der Waals surface area (Å²) < 4.78 is 59.3. The van der Waals surface area contributed by atoms with E-state index in [1.807, 2.05) is 13.0 Å². The van der Waals surface area contributed by atoms with Gasteiger partial charge in [-0.1, -0.05) is 0 Å². The lowest BCUT2D eigenvalue weighted by atomic mass is 9.98. The minimum atomic E-state index is -4.63. The number of piperidine rings is 1. The highest BCUT2D eigenvalue weighted by molar-refractivity contribution is 5.94. The molecule has 6 nitrogen and oxygen atoms in total. The Balaban J connectivity index is 1.46. The first kappa shape index (κ1) is 20.9. The molecule has 3 aliphatic heterocycles. The number of fused-ring (bicyclic) bond motifs is 3. The van der Waals surface area contributed by atoms with Crippen molar-refractivity contribution in [3.05, 3.63) is 52.6 Å². The number of hydrogen-bond donors (Lipinski definition) is 1. The molecule has 168 valence electrons. The molecule has 3 aromatic rings. The van der Waals surface area contributed by atoms with E-state index in [2.05, 4.69) is 25.4 Å². The number of nitrogens with one attached hydrogen (secondary N) is 1. The fourth-order valence-corrected chi connectivity index (χ4v) is 4.40. The normalized spacial score (nSPS) is 20.4. The molecule has 2 bridgehead atoms. The van der Waals surface area contributed by atoms with Gasteiger partial charge in [-0.05, 0) is 43.2 Å². The molecule has 32 heavy (non-hydrogen) atoms. The maximum absolute atomic E-state index is 13.9. The van der Waals surface area contributed by atoms with Gasteiger partial charge in [0.2, 0.25) is 0 Å². The van der Waals surface area contributed by atoms with Crippen molar-refractivity contribution in [2.75, 3.05) is 23.3 Å². The molecule has 0 radical (unpaired) electrons. The molecule has 2 unspecified atom stereocenters. The van der Waals surface area contributed by atoms with E-state index >= 15 is 0 Å². The highest BCUT2D eigenvalue weighted by Crippen LogP contribution is 2.35. The molecular formula is C22H21F4N5O. The van der Waals surface area contributed by atoms with Gasteiger partial charge in [0.15, 0.2) is 5.82 Å². The van der Waals surface area contributed by atoms with Crippen molar-refractivity contribution in [1.29, 1.82) is 0 Å². The van der Waals surface area contributed by atoms with Gasteiger partial charge in [-0.2, -0.15) is 18.3 Å². The van der Waals surface area contributed by atoms with E-state index in [9.17, 15) is 17.6 Å². The summed E-state index contributed by atoms with van der Waals surface area (Å²) in [5.74, 6) is 0.258. The highest BCUT2D eigenvalue weighted by atomic mass is 19.4. The van der Waals surface area contributed by atoms with Crippen molar-refractivity contribution in [3.63, 3.8) is 0 Å². The second-order valence-electron chi connectivity index (χ2n) is 8.33. The van der Waals surface area contributed by atoms with Gasteiger partial charge in [0, 0.05) is 43.0 Å². The molecule has 5 heterocycles. The molecule has 3 fully saturated rings. The Hall–Kier alpha value is -3.01. The highest BCUT2D eigenvalue weighted by Gasteiger charge is 2.39. The zero-order valence-corrected chi connectivity index (χ0v) is 17.5. The molecule has 1 N–H and O–H groups in total. The molecule has 3 saturated heterocycles. The topological polar surface area (TPSA) is 63.2 Å². The van der Waals surface area contributed by atoms with E-state index in [1.54, 1.807) is 6.20 Å². The molecule has 2 aromatic heterocycles. The summed E-state index contributed by atoms with van der Waals surface area (Å²) in [5.41, 5.74) is -0.108. The predicted molar refractivity (Wildman–Crippen MR) is 111 cm³/mol. The van der Waals surface area contributed by atoms with Crippen LogP contribution in [0.1, 0.15) is 28.8 Å². The van der Waals surface area contributed by atoms with E-state index in [1.165, 1.54) is 6.92 Å². The minimum absolute atomic E-state index is 0.0225. The minimum Gasteiger partial charge on any atom is -0.371 e. The summed E-state index contributed by atoms with van der Waals surface area (Å²) in [7, 11) is 0. The van der Waals surface area contributed by atoms with E-state index in [-0.39, 0.29) is 29.9 Å². The molecule has 10 heteroatoms. The Morgan fingerprint density at radius 2 is 1.81 bits per heavy atom. The van der Waals surface area contributed by atoms with Gasteiger partial charge >= 0.3 is 6.18 Å². The van der Waals surface area contributed by atoms with Crippen molar-refractivity contribution in [3.8, 4) is 0 Å². The second kappa shape index (κ2) is 7.54. The van der Waals surface area contributed by atoms with Gasteiger partial charge < -0.3 is 15.0 Å². The molecule has 0 saturated carbocycles. The quantitative estimate of drug-likeness (QED) is 0.599. The number of nitrogens with zero attached hydrogens (tertiary/aromatic N) is 4. The number of pyridine rings is 1. The largest absolute Gasteiger partial charge is 0.416 e. The average Bonchev–Trinajstić information content (AvgIpc) is 2.74. The third kappa shape index (κ3) is 3.72. The molecule has 3 aliphatic rings. The van der Waals surface area contributed by atoms with E-state index in [0.29, 0.717) is 17.6 Å². The van der Waals surface area contributed by atoms with Crippen LogP contribution < -0.4 is 10.2 Å². The number of alkyl halides is 3. The molecule has 1 aromatic carbocycles. The van der Waals surface area contributed by atoms with E-state index < -0.39 is 17.6 Å². The summed E-state index contributed by atoms with van der Waals surface area (Å²) in [6.07, 6.45) is -1.39. The molecule has 0 aliphatic carbocycles. The van der Waals surface area contributed by atoms with Crippen LogP contribution >= 0.6 is 0 Å². The van der Waals surface area contributed by atoms with Gasteiger partial charge in [-0.25, -0.2) is 9.37 Å². The van der Waals surface area contributed by atoms with Crippen molar-refractivity contribution >= 4 is 22.4 Å². The van der Waals surface area contributed by atoms with Gasteiger partial charge in [0.25, 0.3) is 0 Å². The number of anilines is 2. The van der Waals surface area contributed by atoms with E-state index in [4.69, 9.17) is 4.74 Å². The van der Waals surface area contributed by atoms with Crippen LogP contribution in [0.2, 0.25) is 0 Å². The standard InChI is InChI=1S/C22H21F4N5O/c1-11-13(3-14(23)4-19(11)22(24,25)26)7-28-21-17-6-20(27-8-18(17)12(2)29-30-21)31-9-15-5-16(10-31)32-15/h3-4,6,8,15-16H,5,7,9-10H2,1-2H3,(H,28,30). The van der Waals surface area contributed by atoms with Gasteiger partial charge in [-0.3, -0.25) is 0 Å². The van der Waals surface area contributed by atoms with Crippen LogP contribution in [0.3, 0.4) is 0 Å². The van der Waals surface area contributed by atoms with Crippen LogP contribution in [0.15, 0.2) is 24.4 Å². The first-order valence-electron chi connectivity index (χ1n) is 10.3. The zero-order valence-electron chi connectivity index (χ0n) is 17.5. The average molecular weight is 447 g/mol. The molecule has 0 amide bonds. The monoisotopic (exact) mass is 447 g/mol. The van der Waals surface area contributed by atoms with Crippen molar-refractivity contribution in [2.45, 2.75) is 45.2 Å². The molecule has 2 atom stereocenters. The van der Waals surface area contributed by atoms with Crippen LogP contribution in [0.4, 0.5) is 29.2 Å². The molecular weight excluding hydrogens is 426 g/mol. The lowest BCUT2D eigenvalue weighted by Gasteiger charge is -2.47. The SMILES string of the molecule is Cc1c(CNc2nnc(C)c3cnc(N4CC5CC(C4)O5)cc23)cc(F)cc1C(F)(F)F. The molecule has 0 spiro atoms. The number of benzene rings is 1. The van der Waals surface area contributed by atoms with Crippen molar-refractivity contribution in [1.82, 2.24) is 15.2 Å². The number of morpholine rings is 1. The predicted octanol–water partition coefficient (Wildman–Crippen LogP) is 4.39. The number of ether oxygens (including phenoxy) is 1. The molecule has 6 rings (SSSR count). The Bertz CT molecular complexity index is 1180. The van der Waals surface area contributed by atoms with E-state index in [0.717, 1.165) is 42.2 Å². The van der Waals surface area contributed by atoms with Crippen LogP contribution in [0, 0.1) is 19.7 Å². The summed E-state index contributed by atoms with van der Waals surface area (Å²) in [4.78, 5) is 6.73. The third-order valence-electron chi connectivity index (χ3n) is 6.15. The Morgan fingerprint density at radius 1 is 1.09 bits per heavy atom. The number of aromatic nitrogens is 3. The van der Waals surface area contributed by atoms with Gasteiger partial charge in [0.05, 0.1) is 23.5 Å². The van der Waals surface area contributed by atoms with Crippen LogP contribution in [0.5, 0.6) is 0 Å². The Morgan fingerprint density at radius 3 is 2.50 bits per heavy atom. The first-order valence-corrected chi connectivity index (χ1v) is 10.3. The summed E-state index contributed by atoms with van der Waals surface area (Å²) in [6, 6.07) is 3.53. The summed E-state index contributed by atoms with van der Waals surface area (Å²) in [5, 5.41) is 12.9. The van der Waals surface area contributed by atoms with Gasteiger partial charge in [-0.15, -0.1) is 5.10 Å². The van der Waals surface area contributed by atoms with Crippen molar-refractivity contribution in [2.24, 2.45) is 0 Å². The van der Waals surface area contributed by atoms with Crippen molar-refractivity contribution < 1.29 is 22.3 Å².